The second kappa shape index (κ2) is 12.0. The molecule has 1 N–H and O–H groups in total. The number of aliphatic imine (C=N–C) groups is 1. The normalized spacial score (nSPS) is 19.4. The molecule has 1 heterocycles. The number of likely N-dealkylation sites (N-methyl/N-ethyl adjacent to an activating group) is 1. The summed E-state index contributed by atoms with van der Waals surface area (Å²) in [6, 6.07) is 6.54. The zero-order valence-corrected chi connectivity index (χ0v) is 22.0. The lowest BCUT2D eigenvalue weighted by atomic mass is 10.1. The number of anilines is 1. The largest absolute Gasteiger partial charge is 0.372 e. The number of halogens is 2. The fourth-order valence-corrected chi connectivity index (χ4v) is 4.55. The molecule has 36 heavy (non-hydrogen) atoms. The highest BCUT2D eigenvalue weighted by Gasteiger charge is 2.25. The molecular weight excluding hydrogens is 454 g/mol. The van der Waals surface area contributed by atoms with Crippen molar-refractivity contribution in [3.63, 3.8) is 0 Å². The van der Waals surface area contributed by atoms with Gasteiger partial charge in [-0.3, -0.25) is 0 Å². The second-order valence-corrected chi connectivity index (χ2v) is 9.31. The van der Waals surface area contributed by atoms with Gasteiger partial charge in [-0.1, -0.05) is 49.6 Å². The zero-order valence-electron chi connectivity index (χ0n) is 22.0. The van der Waals surface area contributed by atoms with Crippen LogP contribution in [0.15, 0.2) is 95.6 Å². The minimum atomic E-state index is -2.85. The number of nitrogens with zero attached hydrogens (tertiary/aromatic N) is 3. The smallest absolute Gasteiger partial charge is 0.264 e. The monoisotopic (exact) mass is 492 g/mol. The molecule has 1 aromatic rings. The van der Waals surface area contributed by atoms with Crippen LogP contribution in [-0.2, 0) is 12.8 Å². The molecule has 1 aliphatic carbocycles. The van der Waals surface area contributed by atoms with Gasteiger partial charge in [-0.15, -0.1) is 0 Å². The van der Waals surface area contributed by atoms with Gasteiger partial charge in [0.25, 0.3) is 5.92 Å². The van der Waals surface area contributed by atoms with Crippen molar-refractivity contribution in [3.05, 3.63) is 102 Å². The second-order valence-electron chi connectivity index (χ2n) is 9.31. The van der Waals surface area contributed by atoms with Crippen LogP contribution in [-0.4, -0.2) is 41.7 Å². The van der Waals surface area contributed by atoms with Crippen LogP contribution < -0.4 is 5.32 Å². The molecule has 0 spiro atoms. The highest BCUT2D eigenvalue weighted by molar-refractivity contribution is 6.00. The van der Waals surface area contributed by atoms with E-state index in [-0.39, 0.29) is 0 Å². The van der Waals surface area contributed by atoms with Crippen molar-refractivity contribution >= 4 is 11.5 Å². The van der Waals surface area contributed by atoms with E-state index in [2.05, 4.69) is 53.5 Å². The molecule has 3 rings (SSSR count). The molecule has 1 saturated heterocycles. The SMILES string of the molecule is C=C(/N=C1\C(=C/C)N(C)CCCN1C(=C)Nc1ccc2c(c1)CCC2)C(/C=C\C=C\C(C)(F)F)=C/C. The maximum Gasteiger partial charge on any atom is 0.264 e. The van der Waals surface area contributed by atoms with Gasteiger partial charge >= 0.3 is 0 Å². The highest BCUT2D eigenvalue weighted by Crippen LogP contribution is 2.27. The summed E-state index contributed by atoms with van der Waals surface area (Å²) in [5.41, 5.74) is 6.14. The standard InChI is InChI=1S/C30H38F2N4/c1-7-24(13-9-10-18-30(5,31)32)22(3)33-29-28(8-2)35(6)19-12-20-36(29)23(4)34-27-17-16-25-14-11-15-26(25)21-27/h7-10,13,16-18,21,34H,3-4,11-12,14-15,19-20H2,1-2,5-6H3/b13-9-,18-10+,24-7+,28-8+,33-29+. The highest BCUT2D eigenvalue weighted by atomic mass is 19.3. The van der Waals surface area contributed by atoms with Crippen molar-refractivity contribution in [1.82, 2.24) is 9.80 Å². The number of allylic oxidation sites excluding steroid dienone is 6. The van der Waals surface area contributed by atoms with Crippen molar-refractivity contribution in [2.24, 2.45) is 4.99 Å². The summed E-state index contributed by atoms with van der Waals surface area (Å²) < 4.78 is 26.2. The Kier molecular flexibility index (Phi) is 9.08. The van der Waals surface area contributed by atoms with E-state index in [0.717, 1.165) is 74.0 Å². The fraction of sp³-hybridized carbons (Fsp3) is 0.367. The molecule has 4 nitrogen and oxygen atoms in total. The van der Waals surface area contributed by atoms with E-state index < -0.39 is 5.92 Å². The Morgan fingerprint density at radius 3 is 2.53 bits per heavy atom. The van der Waals surface area contributed by atoms with Gasteiger partial charge in [0.1, 0.15) is 5.82 Å². The Balaban J connectivity index is 1.88. The number of hydrogen-bond donors (Lipinski definition) is 1. The molecule has 0 unspecified atom stereocenters. The Labute approximate surface area is 214 Å². The molecule has 0 atom stereocenters. The Hall–Kier alpha value is -3.41. The van der Waals surface area contributed by atoms with Crippen molar-refractivity contribution in [2.75, 3.05) is 25.5 Å². The number of rotatable bonds is 8. The lowest BCUT2D eigenvalue weighted by Gasteiger charge is -2.29. The number of benzene rings is 1. The molecule has 192 valence electrons. The summed E-state index contributed by atoms with van der Waals surface area (Å²) in [5, 5.41) is 3.50. The topological polar surface area (TPSA) is 30.9 Å². The maximum atomic E-state index is 13.1. The van der Waals surface area contributed by atoms with E-state index in [9.17, 15) is 8.78 Å². The lowest BCUT2D eigenvalue weighted by molar-refractivity contribution is 0.0775. The Morgan fingerprint density at radius 2 is 1.83 bits per heavy atom. The minimum absolute atomic E-state index is 0.547. The zero-order chi connectivity index (χ0) is 26.3. The third-order valence-corrected chi connectivity index (χ3v) is 6.42. The van der Waals surface area contributed by atoms with Gasteiger partial charge in [0.15, 0.2) is 5.84 Å². The van der Waals surface area contributed by atoms with E-state index >= 15 is 0 Å². The summed E-state index contributed by atoms with van der Waals surface area (Å²) in [5.74, 6) is -1.35. The van der Waals surface area contributed by atoms with Gasteiger partial charge in [0.2, 0.25) is 0 Å². The van der Waals surface area contributed by atoms with Crippen LogP contribution in [0.5, 0.6) is 0 Å². The molecule has 0 bridgehead atoms. The van der Waals surface area contributed by atoms with Gasteiger partial charge in [-0.25, -0.2) is 13.8 Å². The molecule has 1 aromatic carbocycles. The van der Waals surface area contributed by atoms with Crippen LogP contribution in [0.25, 0.3) is 0 Å². The van der Waals surface area contributed by atoms with Crippen molar-refractivity contribution < 1.29 is 8.78 Å². The first-order valence-corrected chi connectivity index (χ1v) is 12.5. The number of nitrogens with one attached hydrogen (secondary N) is 1. The molecule has 1 fully saturated rings. The summed E-state index contributed by atoms with van der Waals surface area (Å²) in [4.78, 5) is 9.23. The van der Waals surface area contributed by atoms with Crippen LogP contribution >= 0.6 is 0 Å². The third kappa shape index (κ3) is 7.06. The Morgan fingerprint density at radius 1 is 1.08 bits per heavy atom. The molecule has 6 heteroatoms. The molecule has 1 aliphatic heterocycles. The quantitative estimate of drug-likeness (QED) is 0.389. The van der Waals surface area contributed by atoms with Gasteiger partial charge in [0.05, 0.1) is 11.4 Å². The molecule has 0 radical (unpaired) electrons. The lowest BCUT2D eigenvalue weighted by Crippen LogP contribution is -2.35. The summed E-state index contributed by atoms with van der Waals surface area (Å²) in [6.07, 6.45) is 13.9. The van der Waals surface area contributed by atoms with Gasteiger partial charge in [-0.2, -0.15) is 0 Å². The average molecular weight is 493 g/mol. The average Bonchev–Trinajstić information content (AvgIpc) is 3.22. The summed E-state index contributed by atoms with van der Waals surface area (Å²) in [6.45, 7) is 14.9. The molecule has 0 saturated carbocycles. The Bertz CT molecular complexity index is 1130. The van der Waals surface area contributed by atoms with Gasteiger partial charge < -0.3 is 15.1 Å². The predicted octanol–water partition coefficient (Wildman–Crippen LogP) is 7.23. The van der Waals surface area contributed by atoms with E-state index in [1.54, 1.807) is 12.2 Å². The first kappa shape index (κ1) is 27.2. The van der Waals surface area contributed by atoms with E-state index in [1.165, 1.54) is 23.6 Å². The van der Waals surface area contributed by atoms with Crippen molar-refractivity contribution in [1.29, 1.82) is 0 Å². The minimum Gasteiger partial charge on any atom is -0.372 e. The van der Waals surface area contributed by atoms with Gasteiger partial charge in [0, 0.05) is 32.7 Å². The van der Waals surface area contributed by atoms with Crippen molar-refractivity contribution in [2.45, 2.75) is 52.4 Å². The van der Waals surface area contributed by atoms with Gasteiger partial charge in [-0.05, 0) is 74.4 Å². The maximum absolute atomic E-state index is 13.1. The number of fused-ring (bicyclic) bond motifs is 1. The van der Waals surface area contributed by atoms with Crippen LogP contribution in [0.3, 0.4) is 0 Å². The van der Waals surface area contributed by atoms with Crippen molar-refractivity contribution in [3.8, 4) is 0 Å². The van der Waals surface area contributed by atoms with E-state index in [0.29, 0.717) is 5.70 Å². The first-order chi connectivity index (χ1) is 17.1. The predicted molar refractivity (Wildman–Crippen MR) is 148 cm³/mol. The summed E-state index contributed by atoms with van der Waals surface area (Å²) in [7, 11) is 2.06. The molecular formula is C30H38F2N4. The first-order valence-electron chi connectivity index (χ1n) is 12.5. The van der Waals surface area contributed by atoms with Crippen LogP contribution in [0.4, 0.5) is 14.5 Å². The molecule has 2 aliphatic rings. The number of hydrogen-bond acceptors (Lipinski definition) is 3. The summed E-state index contributed by atoms with van der Waals surface area (Å²) >= 11 is 0. The van der Waals surface area contributed by atoms with E-state index in [1.807, 2.05) is 26.0 Å². The third-order valence-electron chi connectivity index (χ3n) is 6.42. The van der Waals surface area contributed by atoms with Crippen LogP contribution in [0, 0.1) is 0 Å². The fourth-order valence-electron chi connectivity index (χ4n) is 4.55. The molecule has 0 aromatic heterocycles. The van der Waals surface area contributed by atoms with E-state index in [4.69, 9.17) is 4.99 Å². The van der Waals surface area contributed by atoms with Crippen LogP contribution in [0.1, 0.15) is 44.7 Å². The number of amidine groups is 1. The van der Waals surface area contributed by atoms with Crippen LogP contribution in [0.2, 0.25) is 0 Å². The number of aryl methyl sites for hydroxylation is 2. The molecule has 0 amide bonds. The number of alkyl halides is 2.